The fraction of sp³-hybridized carbons (Fsp3) is 0.235. The molecule has 0 spiro atoms. The first kappa shape index (κ1) is 18.1. The third-order valence-electron chi connectivity index (χ3n) is 3.18. The molecule has 0 radical (unpaired) electrons. The van der Waals surface area contributed by atoms with Gasteiger partial charge in [-0.25, -0.2) is 14.4 Å². The quantitative estimate of drug-likeness (QED) is 0.626. The number of aromatic nitrogens is 1. The third-order valence-corrected chi connectivity index (χ3v) is 3.61. The number of nitrogens with one attached hydrogen (secondary N) is 1. The van der Waals surface area contributed by atoms with Gasteiger partial charge in [0.2, 0.25) is 0 Å². The number of rotatable bonds is 2. The van der Waals surface area contributed by atoms with E-state index in [0.717, 1.165) is 0 Å². The highest BCUT2D eigenvalue weighted by Crippen LogP contribution is 2.18. The monoisotopic (exact) mass is 393 g/mol. The number of halogens is 2. The Hall–Kier alpha value is -2.28. The van der Waals surface area contributed by atoms with E-state index >= 15 is 0 Å². The summed E-state index contributed by atoms with van der Waals surface area (Å²) >= 11 is 3.21. The normalized spacial score (nSPS) is 11.0. The van der Waals surface area contributed by atoms with Gasteiger partial charge in [-0.05, 0) is 61.0 Å². The van der Waals surface area contributed by atoms with Gasteiger partial charge < -0.3 is 0 Å². The van der Waals surface area contributed by atoms with Crippen molar-refractivity contribution in [1.29, 1.82) is 0 Å². The van der Waals surface area contributed by atoms with Crippen molar-refractivity contribution in [2.45, 2.75) is 26.3 Å². The lowest BCUT2D eigenvalue weighted by atomic mass is 10.1. The van der Waals surface area contributed by atoms with E-state index < -0.39 is 23.2 Å². The number of amides is 2. The Balaban J connectivity index is 2.32. The van der Waals surface area contributed by atoms with Gasteiger partial charge in [-0.15, -0.1) is 0 Å². The maximum absolute atomic E-state index is 13.8. The highest BCUT2D eigenvalue weighted by Gasteiger charge is 2.30. The highest BCUT2D eigenvalue weighted by atomic mass is 79.9. The molecule has 0 unspecified atom stereocenters. The van der Waals surface area contributed by atoms with E-state index in [1.54, 1.807) is 39.0 Å². The first-order valence-electron chi connectivity index (χ1n) is 7.22. The molecule has 5 nitrogen and oxygen atoms in total. The molecular weight excluding hydrogens is 377 g/mol. The van der Waals surface area contributed by atoms with Gasteiger partial charge in [-0.1, -0.05) is 12.1 Å². The van der Waals surface area contributed by atoms with Crippen LogP contribution in [0, 0.1) is 5.82 Å². The number of hydrogen-bond acceptors (Lipinski definition) is 3. The molecule has 0 aliphatic rings. The molecule has 2 amide bonds. The van der Waals surface area contributed by atoms with Crippen molar-refractivity contribution < 1.29 is 14.0 Å². The van der Waals surface area contributed by atoms with E-state index in [9.17, 15) is 14.0 Å². The minimum atomic E-state index is -0.715. The van der Waals surface area contributed by atoms with Crippen molar-refractivity contribution in [3.05, 3.63) is 64.1 Å². The molecule has 2 aromatic rings. The molecule has 126 valence electrons. The number of carbonyl (C=O) groups is 2. The van der Waals surface area contributed by atoms with E-state index in [1.165, 1.54) is 29.4 Å². The van der Waals surface area contributed by atoms with E-state index in [4.69, 9.17) is 0 Å². The Morgan fingerprint density at radius 3 is 2.46 bits per heavy atom. The number of hydrogen-bond donors (Lipinski definition) is 1. The molecular formula is C17H17BrFN3O2. The van der Waals surface area contributed by atoms with Gasteiger partial charge in [-0.2, -0.15) is 0 Å². The average Bonchev–Trinajstić information content (AvgIpc) is 2.51. The lowest BCUT2D eigenvalue weighted by Gasteiger charge is -2.35. The number of nitrogens with zero attached hydrogens (tertiary/aromatic N) is 2. The zero-order valence-electron chi connectivity index (χ0n) is 13.5. The van der Waals surface area contributed by atoms with Crippen LogP contribution in [0.4, 0.5) is 4.39 Å². The zero-order chi connectivity index (χ0) is 17.9. The maximum atomic E-state index is 13.8. The summed E-state index contributed by atoms with van der Waals surface area (Å²) in [5.74, 6) is -1.76. The molecule has 1 N–H and O–H groups in total. The molecule has 0 aliphatic heterocycles. The molecule has 0 aliphatic carbocycles. The SMILES string of the molecule is CC(C)(C)N(NC(=O)c1ccccc1F)C(=O)c1ccnc(Br)c1. The molecule has 0 saturated heterocycles. The van der Waals surface area contributed by atoms with Gasteiger partial charge in [0.25, 0.3) is 11.8 Å². The Morgan fingerprint density at radius 2 is 1.88 bits per heavy atom. The minimum Gasteiger partial charge on any atom is -0.267 e. The summed E-state index contributed by atoms with van der Waals surface area (Å²) in [6.07, 6.45) is 1.48. The largest absolute Gasteiger partial charge is 0.272 e. The summed E-state index contributed by atoms with van der Waals surface area (Å²) in [5, 5.41) is 1.18. The van der Waals surface area contributed by atoms with E-state index in [0.29, 0.717) is 10.2 Å². The second-order valence-electron chi connectivity index (χ2n) is 6.10. The molecule has 24 heavy (non-hydrogen) atoms. The zero-order valence-corrected chi connectivity index (χ0v) is 15.1. The smallest absolute Gasteiger partial charge is 0.267 e. The predicted octanol–water partition coefficient (Wildman–Crippen LogP) is 3.57. The molecule has 1 aromatic heterocycles. The van der Waals surface area contributed by atoms with Crippen LogP contribution in [0.2, 0.25) is 0 Å². The number of carbonyl (C=O) groups excluding carboxylic acids is 2. The van der Waals surface area contributed by atoms with Crippen LogP contribution in [0.25, 0.3) is 0 Å². The van der Waals surface area contributed by atoms with Crippen molar-refractivity contribution >= 4 is 27.7 Å². The number of benzene rings is 1. The average molecular weight is 394 g/mol. The van der Waals surface area contributed by atoms with Gasteiger partial charge >= 0.3 is 0 Å². The third kappa shape index (κ3) is 4.17. The summed E-state index contributed by atoms with van der Waals surface area (Å²) in [7, 11) is 0. The van der Waals surface area contributed by atoms with Crippen LogP contribution >= 0.6 is 15.9 Å². The van der Waals surface area contributed by atoms with E-state index in [-0.39, 0.29) is 5.56 Å². The Bertz CT molecular complexity index is 774. The summed E-state index contributed by atoms with van der Waals surface area (Å²) < 4.78 is 14.3. The van der Waals surface area contributed by atoms with Gasteiger partial charge in [-0.3, -0.25) is 15.0 Å². The van der Waals surface area contributed by atoms with Gasteiger partial charge in [0.05, 0.1) is 11.1 Å². The Morgan fingerprint density at radius 1 is 1.21 bits per heavy atom. The second-order valence-corrected chi connectivity index (χ2v) is 6.91. The number of hydrazine groups is 1. The van der Waals surface area contributed by atoms with Crippen LogP contribution in [0.5, 0.6) is 0 Å². The lowest BCUT2D eigenvalue weighted by molar-refractivity contribution is 0.0357. The molecule has 0 atom stereocenters. The first-order valence-corrected chi connectivity index (χ1v) is 8.01. The van der Waals surface area contributed by atoms with Crippen molar-refractivity contribution in [2.24, 2.45) is 0 Å². The van der Waals surface area contributed by atoms with Gasteiger partial charge in [0.1, 0.15) is 10.4 Å². The molecule has 1 aromatic carbocycles. The number of pyridine rings is 1. The summed E-state index contributed by atoms with van der Waals surface area (Å²) in [4.78, 5) is 29.1. The minimum absolute atomic E-state index is 0.129. The highest BCUT2D eigenvalue weighted by molar-refractivity contribution is 9.10. The molecule has 1 heterocycles. The molecule has 0 bridgehead atoms. The van der Waals surface area contributed by atoms with Crippen molar-refractivity contribution in [1.82, 2.24) is 15.4 Å². The van der Waals surface area contributed by atoms with Crippen LogP contribution in [0.15, 0.2) is 47.2 Å². The Kier molecular flexibility index (Phi) is 5.33. The predicted molar refractivity (Wildman–Crippen MR) is 91.7 cm³/mol. The van der Waals surface area contributed by atoms with Crippen LogP contribution < -0.4 is 5.43 Å². The van der Waals surface area contributed by atoms with E-state index in [1.807, 2.05) is 0 Å². The van der Waals surface area contributed by atoms with Crippen LogP contribution in [-0.2, 0) is 0 Å². The van der Waals surface area contributed by atoms with Gasteiger partial charge in [0.15, 0.2) is 0 Å². The summed E-state index contributed by atoms with van der Waals surface area (Å²) in [6, 6.07) is 8.70. The van der Waals surface area contributed by atoms with Crippen LogP contribution in [0.1, 0.15) is 41.5 Å². The molecule has 2 rings (SSSR count). The van der Waals surface area contributed by atoms with E-state index in [2.05, 4.69) is 26.3 Å². The Labute approximate surface area is 148 Å². The van der Waals surface area contributed by atoms with Gasteiger partial charge in [0, 0.05) is 11.8 Å². The standard InChI is InChI=1S/C17H17BrFN3O2/c1-17(2,3)22(16(24)11-8-9-20-14(18)10-11)21-15(23)12-6-4-5-7-13(12)19/h4-10H,1-3H3,(H,21,23). The van der Waals surface area contributed by atoms with Crippen LogP contribution in [0.3, 0.4) is 0 Å². The lowest BCUT2D eigenvalue weighted by Crippen LogP contribution is -2.56. The van der Waals surface area contributed by atoms with Crippen molar-refractivity contribution in [3.8, 4) is 0 Å². The molecule has 0 saturated carbocycles. The fourth-order valence-corrected chi connectivity index (χ4v) is 2.36. The second kappa shape index (κ2) is 7.09. The maximum Gasteiger partial charge on any atom is 0.272 e. The summed E-state index contributed by atoms with van der Waals surface area (Å²) in [5.41, 5.74) is 2.01. The molecule has 7 heteroatoms. The van der Waals surface area contributed by atoms with Crippen molar-refractivity contribution in [3.63, 3.8) is 0 Å². The molecule has 0 fully saturated rings. The van der Waals surface area contributed by atoms with Crippen molar-refractivity contribution in [2.75, 3.05) is 0 Å². The fourth-order valence-electron chi connectivity index (χ4n) is 1.99. The topological polar surface area (TPSA) is 62.3 Å². The van der Waals surface area contributed by atoms with Crippen LogP contribution in [-0.4, -0.2) is 27.3 Å². The summed E-state index contributed by atoms with van der Waals surface area (Å²) in [6.45, 7) is 5.30. The first-order chi connectivity index (χ1) is 11.2.